The van der Waals surface area contributed by atoms with Gasteiger partial charge in [0.2, 0.25) is 0 Å². The van der Waals surface area contributed by atoms with Crippen LogP contribution >= 0.6 is 7.92 Å². The molecule has 0 saturated heterocycles. The lowest BCUT2D eigenvalue weighted by Gasteiger charge is -2.23. The van der Waals surface area contributed by atoms with E-state index in [1.165, 1.54) is 17.0 Å². The summed E-state index contributed by atoms with van der Waals surface area (Å²) in [5.41, 5.74) is 2.03. The molecule has 0 amide bonds. The van der Waals surface area contributed by atoms with Crippen molar-refractivity contribution < 1.29 is 17.6 Å². The summed E-state index contributed by atoms with van der Waals surface area (Å²) in [6.45, 7) is 3.93. The molecule has 0 bridgehead atoms. The van der Waals surface area contributed by atoms with Crippen LogP contribution in [-0.2, 0) is 0 Å². The fourth-order valence-corrected chi connectivity index (χ4v) is 5.95. The molecule has 0 saturated carbocycles. The zero-order valence-corrected chi connectivity index (χ0v) is 17.1. The van der Waals surface area contributed by atoms with Gasteiger partial charge < -0.3 is 0 Å². The number of rotatable bonds is 4. The van der Waals surface area contributed by atoms with E-state index < -0.39 is 36.9 Å². The summed E-state index contributed by atoms with van der Waals surface area (Å²) in [5.74, 6) is -6.60. The summed E-state index contributed by atoms with van der Waals surface area (Å²) >= 11 is 0. The molecular weight excluding hydrogens is 411 g/mol. The summed E-state index contributed by atoms with van der Waals surface area (Å²) in [5, 5.41) is 1.97. The molecule has 4 aromatic rings. The second-order valence-corrected chi connectivity index (χ2v) is 8.86. The van der Waals surface area contributed by atoms with Gasteiger partial charge >= 0.3 is 0 Å². The Morgan fingerprint density at radius 1 is 0.767 bits per heavy atom. The van der Waals surface area contributed by atoms with Crippen LogP contribution in [0.2, 0.25) is 0 Å². The number of hydrogen-bond donors (Lipinski definition) is 0. The lowest BCUT2D eigenvalue weighted by molar-refractivity contribution is 0.407. The van der Waals surface area contributed by atoms with Gasteiger partial charge in [-0.1, -0.05) is 48.5 Å². The molecule has 0 aliphatic heterocycles. The predicted octanol–water partition coefficient (Wildman–Crippen LogP) is 4.80. The number of imidazole rings is 1. The van der Waals surface area contributed by atoms with E-state index in [9.17, 15) is 17.6 Å². The Hall–Kier alpha value is -2.98. The predicted molar refractivity (Wildman–Crippen MR) is 112 cm³/mol. The minimum absolute atomic E-state index is 0.423. The lowest BCUT2D eigenvalue weighted by Crippen LogP contribution is -2.30. The molecule has 152 valence electrons. The van der Waals surface area contributed by atoms with E-state index in [1.54, 1.807) is 0 Å². The molecule has 3 aromatic carbocycles. The lowest BCUT2D eigenvalue weighted by atomic mass is 10.2. The Balaban J connectivity index is 2.00. The van der Waals surface area contributed by atoms with Crippen LogP contribution in [0.3, 0.4) is 0 Å². The van der Waals surface area contributed by atoms with Gasteiger partial charge in [-0.25, -0.2) is 22.5 Å². The second kappa shape index (κ2) is 8.04. The zero-order chi connectivity index (χ0) is 21.4. The Bertz CT molecular complexity index is 1190. The highest BCUT2D eigenvalue weighted by molar-refractivity contribution is 7.79. The molecule has 7 heteroatoms. The largest absolute Gasteiger partial charge is 0.296 e. The van der Waals surface area contributed by atoms with Crippen molar-refractivity contribution in [2.45, 2.75) is 13.8 Å². The van der Waals surface area contributed by atoms with E-state index in [0.29, 0.717) is 11.6 Å². The number of hydrogen-bond acceptors (Lipinski definition) is 1. The average Bonchev–Trinajstić information content (AvgIpc) is 3.21. The van der Waals surface area contributed by atoms with Crippen LogP contribution < -0.4 is 16.2 Å². The van der Waals surface area contributed by atoms with Gasteiger partial charge in [-0.05, 0) is 35.6 Å². The van der Waals surface area contributed by atoms with Crippen LogP contribution in [0.5, 0.6) is 0 Å². The van der Waals surface area contributed by atoms with Crippen LogP contribution in [0.15, 0.2) is 67.0 Å². The van der Waals surface area contributed by atoms with Crippen LogP contribution in [0.4, 0.5) is 17.6 Å². The van der Waals surface area contributed by atoms with Gasteiger partial charge in [0.1, 0.15) is 5.57 Å². The van der Waals surface area contributed by atoms with Crippen LogP contribution in [0.1, 0.15) is 11.1 Å². The van der Waals surface area contributed by atoms with Gasteiger partial charge in [0.25, 0.3) is 0 Å². The third-order valence-electron chi connectivity index (χ3n) is 4.88. The molecule has 0 atom stereocenters. The molecule has 1 heterocycles. The number of benzene rings is 3. The number of aromatic nitrogens is 2. The van der Waals surface area contributed by atoms with Crippen molar-refractivity contribution in [3.8, 4) is 5.69 Å². The van der Waals surface area contributed by atoms with E-state index in [1.807, 2.05) is 62.4 Å². The van der Waals surface area contributed by atoms with Crippen LogP contribution in [-0.4, -0.2) is 9.55 Å². The number of aryl methyl sites for hydroxylation is 2. The normalized spacial score (nSPS) is 11.3. The van der Waals surface area contributed by atoms with E-state index in [0.717, 1.165) is 21.7 Å². The smallest absolute Gasteiger partial charge is 0.199 e. The van der Waals surface area contributed by atoms with Crippen molar-refractivity contribution in [2.75, 3.05) is 0 Å². The summed E-state index contributed by atoms with van der Waals surface area (Å²) in [6.07, 6.45) is 2.87. The molecule has 30 heavy (non-hydrogen) atoms. The Morgan fingerprint density at radius 2 is 1.33 bits per heavy atom. The third-order valence-corrected chi connectivity index (χ3v) is 7.57. The van der Waals surface area contributed by atoms with Crippen molar-refractivity contribution in [1.82, 2.24) is 9.55 Å². The highest BCUT2D eigenvalue weighted by atomic mass is 31.1. The molecule has 0 N–H and O–H groups in total. The number of halogens is 4. The van der Waals surface area contributed by atoms with Gasteiger partial charge in [-0.15, -0.1) is 0 Å². The first kappa shape index (κ1) is 20.3. The van der Waals surface area contributed by atoms with E-state index in [-0.39, 0.29) is 0 Å². The average molecular weight is 428 g/mol. The summed E-state index contributed by atoms with van der Waals surface area (Å²) in [6, 6.07) is 16.2. The zero-order valence-electron chi connectivity index (χ0n) is 16.2. The first-order valence-corrected chi connectivity index (χ1v) is 10.5. The molecule has 0 radical (unpaired) electrons. The number of nitrogens with zero attached hydrogens (tertiary/aromatic N) is 2. The van der Waals surface area contributed by atoms with E-state index >= 15 is 0 Å². The third kappa shape index (κ3) is 3.41. The second-order valence-electron chi connectivity index (χ2n) is 6.83. The minimum atomic E-state index is -1.85. The SMILES string of the molecule is Cc1ccccc1P(c1ccccc1C)c1nccn1-c1cc(F)c(F)c(F)c1F. The van der Waals surface area contributed by atoms with Gasteiger partial charge in [0.05, 0.1) is 5.69 Å². The maximum Gasteiger partial charge on any atom is 0.199 e. The molecule has 0 spiro atoms. The minimum Gasteiger partial charge on any atom is -0.296 e. The maximum absolute atomic E-state index is 14.6. The first-order chi connectivity index (χ1) is 14.4. The standard InChI is InChI=1S/C23H17F4N2P/c1-14-7-3-5-9-18(14)30(19-10-6-4-8-15(19)2)23-28-11-12-29(23)17-13-16(24)20(25)22(27)21(17)26/h3-13H,1-2H3. The Kier molecular flexibility index (Phi) is 5.44. The van der Waals surface area contributed by atoms with E-state index in [2.05, 4.69) is 4.98 Å². The maximum atomic E-state index is 14.6. The topological polar surface area (TPSA) is 17.8 Å². The molecule has 0 fully saturated rings. The van der Waals surface area contributed by atoms with Crippen molar-refractivity contribution in [3.05, 3.63) is 101 Å². The Labute approximate surface area is 172 Å². The molecule has 2 nitrogen and oxygen atoms in total. The van der Waals surface area contributed by atoms with Crippen molar-refractivity contribution in [3.63, 3.8) is 0 Å². The molecule has 0 aliphatic carbocycles. The molecule has 0 aliphatic rings. The van der Waals surface area contributed by atoms with E-state index in [4.69, 9.17) is 0 Å². The molecule has 4 rings (SSSR count). The Morgan fingerprint density at radius 3 is 1.90 bits per heavy atom. The van der Waals surface area contributed by atoms with Gasteiger partial charge in [-0.3, -0.25) is 4.57 Å². The highest BCUT2D eigenvalue weighted by Crippen LogP contribution is 2.36. The summed E-state index contributed by atoms with van der Waals surface area (Å²) in [4.78, 5) is 4.44. The fraction of sp³-hybridized carbons (Fsp3) is 0.0870. The van der Waals surface area contributed by atoms with Gasteiger partial charge in [-0.2, -0.15) is 0 Å². The van der Waals surface area contributed by atoms with Gasteiger partial charge in [0.15, 0.2) is 23.3 Å². The molecule has 0 unspecified atom stereocenters. The van der Waals surface area contributed by atoms with Crippen LogP contribution in [0.25, 0.3) is 5.69 Å². The van der Waals surface area contributed by atoms with Crippen molar-refractivity contribution in [1.29, 1.82) is 0 Å². The highest BCUT2D eigenvalue weighted by Gasteiger charge is 2.27. The van der Waals surface area contributed by atoms with Crippen LogP contribution in [0, 0.1) is 37.1 Å². The quantitative estimate of drug-likeness (QED) is 0.198. The molecule has 1 aromatic heterocycles. The fourth-order valence-electron chi connectivity index (χ4n) is 3.36. The monoisotopic (exact) mass is 428 g/mol. The van der Waals surface area contributed by atoms with Gasteiger partial charge in [0, 0.05) is 26.4 Å². The van der Waals surface area contributed by atoms with Crippen molar-refractivity contribution >= 4 is 24.1 Å². The van der Waals surface area contributed by atoms with Crippen molar-refractivity contribution in [2.24, 2.45) is 0 Å². The summed E-state index contributed by atoms with van der Waals surface area (Å²) < 4.78 is 57.2. The molecular formula is C23H17F4N2P. The summed E-state index contributed by atoms with van der Waals surface area (Å²) in [7, 11) is -1.29. The first-order valence-electron chi connectivity index (χ1n) is 9.18.